The maximum atomic E-state index is 12.9. The van der Waals surface area contributed by atoms with E-state index in [2.05, 4.69) is 21.2 Å². The van der Waals surface area contributed by atoms with Crippen LogP contribution in [0.5, 0.6) is 5.75 Å². The Kier molecular flexibility index (Phi) is 8.07. The van der Waals surface area contributed by atoms with Crippen LogP contribution in [0, 0.1) is 0 Å². The van der Waals surface area contributed by atoms with E-state index < -0.39 is 17.8 Å². The van der Waals surface area contributed by atoms with E-state index in [0.29, 0.717) is 10.2 Å². The van der Waals surface area contributed by atoms with Crippen molar-refractivity contribution >= 4 is 39.5 Å². The molecule has 2 aromatic carbocycles. The Bertz CT molecular complexity index is 1090. The van der Waals surface area contributed by atoms with Gasteiger partial charge in [-0.25, -0.2) is 9.59 Å². The maximum Gasteiger partial charge on any atom is 0.338 e. The van der Waals surface area contributed by atoms with Crippen molar-refractivity contribution in [2.45, 2.75) is 6.61 Å². The maximum absolute atomic E-state index is 12.9. The van der Waals surface area contributed by atoms with Gasteiger partial charge in [0, 0.05) is 11.0 Å². The smallest absolute Gasteiger partial charge is 0.338 e. The van der Waals surface area contributed by atoms with Gasteiger partial charge in [-0.3, -0.25) is 4.79 Å². The molecule has 0 unspecified atom stereocenters. The van der Waals surface area contributed by atoms with E-state index in [1.807, 2.05) is 30.3 Å². The number of ether oxygens (including phenoxy) is 3. The number of hydrogen-bond donors (Lipinski definition) is 2. The van der Waals surface area contributed by atoms with E-state index in [-0.39, 0.29) is 48.9 Å². The van der Waals surface area contributed by atoms with Gasteiger partial charge in [0.15, 0.2) is 0 Å². The van der Waals surface area contributed by atoms with Gasteiger partial charge in [-0.05, 0) is 33.6 Å². The first-order valence-electron chi connectivity index (χ1n) is 9.96. The van der Waals surface area contributed by atoms with Gasteiger partial charge in [0.25, 0.3) is 5.91 Å². The summed E-state index contributed by atoms with van der Waals surface area (Å²) in [6, 6.07) is 12.4. The van der Waals surface area contributed by atoms with Crippen molar-refractivity contribution in [3.63, 3.8) is 0 Å². The number of carbonyl (C=O) groups is 3. The lowest BCUT2D eigenvalue weighted by atomic mass is 10.1. The van der Waals surface area contributed by atoms with E-state index in [1.165, 1.54) is 31.3 Å². The second-order valence-electron chi connectivity index (χ2n) is 7.02. The highest BCUT2D eigenvalue weighted by molar-refractivity contribution is 9.10. The first kappa shape index (κ1) is 24.3. The third-order valence-corrected chi connectivity index (χ3v) is 5.54. The van der Waals surface area contributed by atoms with Crippen molar-refractivity contribution in [3.05, 3.63) is 69.3 Å². The minimum Gasteiger partial charge on any atom is -0.487 e. The number of carbonyl (C=O) groups excluding carboxylic acids is 3. The van der Waals surface area contributed by atoms with Crippen LogP contribution < -0.4 is 10.1 Å². The molecule has 0 fully saturated rings. The summed E-state index contributed by atoms with van der Waals surface area (Å²) in [5, 5.41) is 12.2. The summed E-state index contributed by atoms with van der Waals surface area (Å²) in [5.74, 6) is -1.44. The average molecular weight is 519 g/mol. The number of anilines is 1. The molecule has 174 valence electrons. The van der Waals surface area contributed by atoms with Gasteiger partial charge in [0.1, 0.15) is 18.1 Å². The summed E-state index contributed by atoms with van der Waals surface area (Å²) in [6.07, 6.45) is 0. The van der Waals surface area contributed by atoms with E-state index in [9.17, 15) is 19.5 Å². The van der Waals surface area contributed by atoms with E-state index >= 15 is 0 Å². The number of esters is 2. The van der Waals surface area contributed by atoms with Crippen LogP contribution in [0.1, 0.15) is 15.9 Å². The van der Waals surface area contributed by atoms with Gasteiger partial charge < -0.3 is 29.5 Å². The number of aliphatic hydroxyl groups is 1. The average Bonchev–Trinajstić information content (AvgIpc) is 3.14. The highest BCUT2D eigenvalue weighted by Crippen LogP contribution is 2.37. The van der Waals surface area contributed by atoms with Crippen molar-refractivity contribution in [2.24, 2.45) is 0 Å². The van der Waals surface area contributed by atoms with Crippen LogP contribution in [-0.4, -0.2) is 61.8 Å². The van der Waals surface area contributed by atoms with Gasteiger partial charge in [0.2, 0.25) is 0 Å². The second-order valence-corrected chi connectivity index (χ2v) is 7.87. The fourth-order valence-electron chi connectivity index (χ4n) is 3.26. The number of benzene rings is 2. The zero-order chi connectivity index (χ0) is 24.0. The highest BCUT2D eigenvalue weighted by Gasteiger charge is 2.35. The highest BCUT2D eigenvalue weighted by atomic mass is 79.9. The second kappa shape index (κ2) is 11.0. The Morgan fingerprint density at radius 2 is 1.82 bits per heavy atom. The van der Waals surface area contributed by atoms with Crippen LogP contribution in [0.4, 0.5) is 5.69 Å². The molecule has 2 N–H and O–H groups in total. The standard InChI is InChI=1S/C23H23BrN2O7/c1-31-22(29)15-10-17(24)20(18(11-15)33-13-14-6-4-3-5-7-14)25-19-16(23(30)32-2)12-26(8-9-27)21(19)28/h3-7,10-11,25,27H,8-9,12-13H2,1-2H3. The molecule has 10 heteroatoms. The van der Waals surface area contributed by atoms with Crippen LogP contribution in [-0.2, 0) is 25.7 Å². The van der Waals surface area contributed by atoms with Crippen LogP contribution in [0.3, 0.4) is 0 Å². The predicted molar refractivity (Wildman–Crippen MR) is 123 cm³/mol. The molecular formula is C23H23BrN2O7. The van der Waals surface area contributed by atoms with Crippen molar-refractivity contribution in [3.8, 4) is 5.75 Å². The van der Waals surface area contributed by atoms with Crippen molar-refractivity contribution in [1.29, 1.82) is 0 Å². The summed E-state index contributed by atoms with van der Waals surface area (Å²) in [4.78, 5) is 38.7. The van der Waals surface area contributed by atoms with Gasteiger partial charge in [0.05, 0.1) is 44.2 Å². The monoisotopic (exact) mass is 518 g/mol. The molecule has 3 rings (SSSR count). The lowest BCUT2D eigenvalue weighted by molar-refractivity contribution is -0.136. The third-order valence-electron chi connectivity index (χ3n) is 4.92. The minimum atomic E-state index is -0.666. The molecule has 0 aromatic heterocycles. The van der Waals surface area contributed by atoms with Gasteiger partial charge >= 0.3 is 11.9 Å². The number of halogens is 1. The largest absolute Gasteiger partial charge is 0.487 e. The first-order valence-corrected chi connectivity index (χ1v) is 10.8. The Morgan fingerprint density at radius 1 is 1.12 bits per heavy atom. The summed E-state index contributed by atoms with van der Waals surface area (Å²) in [6.45, 7) is -0.00665. The van der Waals surface area contributed by atoms with E-state index in [1.54, 1.807) is 0 Å². The fourth-order valence-corrected chi connectivity index (χ4v) is 3.80. The third kappa shape index (κ3) is 5.52. The zero-order valence-electron chi connectivity index (χ0n) is 18.1. The van der Waals surface area contributed by atoms with Crippen LogP contribution in [0.25, 0.3) is 0 Å². The predicted octanol–water partition coefficient (Wildman–Crippen LogP) is 2.49. The molecule has 9 nitrogen and oxygen atoms in total. The molecule has 0 spiro atoms. The molecule has 0 atom stereocenters. The molecule has 1 aliphatic heterocycles. The Morgan fingerprint density at radius 3 is 2.45 bits per heavy atom. The lowest BCUT2D eigenvalue weighted by Gasteiger charge is -2.18. The van der Waals surface area contributed by atoms with Gasteiger partial charge in [-0.15, -0.1) is 0 Å². The number of methoxy groups -OCH3 is 2. The number of nitrogens with one attached hydrogen (secondary N) is 1. The van der Waals surface area contributed by atoms with Crippen LogP contribution in [0.15, 0.2) is 58.2 Å². The number of rotatable bonds is 9. The van der Waals surface area contributed by atoms with Crippen LogP contribution >= 0.6 is 15.9 Å². The van der Waals surface area contributed by atoms with Crippen LogP contribution in [0.2, 0.25) is 0 Å². The number of β-amino-alcohol motifs (C(OH)–C–C–N with tert-alkyl or cyclic N) is 1. The molecule has 1 heterocycles. The van der Waals surface area contributed by atoms with Gasteiger partial charge in [-0.2, -0.15) is 0 Å². The zero-order valence-corrected chi connectivity index (χ0v) is 19.7. The Labute approximate surface area is 199 Å². The van der Waals surface area contributed by atoms with E-state index in [4.69, 9.17) is 14.2 Å². The summed E-state index contributed by atoms with van der Waals surface area (Å²) < 4.78 is 16.0. The summed E-state index contributed by atoms with van der Waals surface area (Å²) in [5.41, 5.74) is 1.60. The molecule has 2 aromatic rings. The molecule has 0 bridgehead atoms. The molecule has 0 aliphatic carbocycles. The quantitative estimate of drug-likeness (QED) is 0.486. The topological polar surface area (TPSA) is 114 Å². The summed E-state index contributed by atoms with van der Waals surface area (Å²) >= 11 is 3.41. The molecule has 0 saturated heterocycles. The number of amides is 1. The Hall–Kier alpha value is -3.37. The number of hydrogen-bond acceptors (Lipinski definition) is 8. The summed E-state index contributed by atoms with van der Waals surface area (Å²) in [7, 11) is 2.49. The number of aliphatic hydroxyl groups excluding tert-OH is 1. The normalized spacial score (nSPS) is 13.2. The Balaban J connectivity index is 2.01. The molecular weight excluding hydrogens is 496 g/mol. The molecule has 0 saturated carbocycles. The van der Waals surface area contributed by atoms with Crippen molar-refractivity contribution in [1.82, 2.24) is 4.90 Å². The fraction of sp³-hybridized carbons (Fsp3) is 0.261. The minimum absolute atomic E-state index is 0.00591. The first-order chi connectivity index (χ1) is 15.9. The molecule has 0 radical (unpaired) electrons. The molecule has 33 heavy (non-hydrogen) atoms. The molecule has 1 amide bonds. The van der Waals surface area contributed by atoms with Gasteiger partial charge in [-0.1, -0.05) is 30.3 Å². The van der Waals surface area contributed by atoms with E-state index in [0.717, 1.165) is 5.56 Å². The SMILES string of the molecule is COC(=O)C1=C(Nc2c(Br)cc(C(=O)OC)cc2OCc2ccccc2)C(=O)N(CCO)C1. The molecule has 1 aliphatic rings. The number of nitrogens with zero attached hydrogens (tertiary/aromatic N) is 1. The lowest BCUT2D eigenvalue weighted by Crippen LogP contribution is -2.31. The van der Waals surface area contributed by atoms with Crippen molar-refractivity contribution < 1.29 is 33.7 Å². The van der Waals surface area contributed by atoms with Crippen molar-refractivity contribution in [2.75, 3.05) is 39.2 Å².